The number of para-hydroxylation sites is 2. The van der Waals surface area contributed by atoms with Gasteiger partial charge in [-0.15, -0.1) is 0 Å². The molecule has 3 heterocycles. The highest BCUT2D eigenvalue weighted by Gasteiger charge is 2.23. The third-order valence-electron chi connectivity index (χ3n) is 5.36. The molecule has 1 saturated heterocycles. The molecule has 0 atom stereocenters. The third kappa shape index (κ3) is 3.82. The molecule has 0 N–H and O–H groups in total. The summed E-state index contributed by atoms with van der Waals surface area (Å²) in [5.41, 5.74) is 2.17. The van der Waals surface area contributed by atoms with Crippen molar-refractivity contribution >= 4 is 11.0 Å². The second-order valence-corrected chi connectivity index (χ2v) is 7.69. The van der Waals surface area contributed by atoms with E-state index in [9.17, 15) is 0 Å². The molecule has 150 valence electrons. The normalized spacial score (nSPS) is 15.7. The van der Waals surface area contributed by atoms with Gasteiger partial charge < -0.3 is 14.0 Å². The smallest absolute Gasteiger partial charge is 0.154 e. The Kier molecular flexibility index (Phi) is 5.73. The average molecular weight is 383 g/mol. The van der Waals surface area contributed by atoms with Gasteiger partial charge in [-0.25, -0.2) is 14.6 Å². The minimum absolute atomic E-state index is 0.331. The first-order chi connectivity index (χ1) is 13.7. The van der Waals surface area contributed by atoms with Gasteiger partial charge in [0.05, 0.1) is 30.7 Å². The topological polar surface area (TPSA) is 67.0 Å². The fourth-order valence-electron chi connectivity index (χ4n) is 3.84. The predicted octanol–water partition coefficient (Wildman–Crippen LogP) is 3.34. The maximum atomic E-state index is 5.50. The van der Waals surface area contributed by atoms with Crippen molar-refractivity contribution in [1.29, 1.82) is 0 Å². The first-order valence-corrected chi connectivity index (χ1v) is 10.1. The summed E-state index contributed by atoms with van der Waals surface area (Å²) < 4.78 is 15.1. The Balaban J connectivity index is 1.71. The van der Waals surface area contributed by atoms with Crippen molar-refractivity contribution in [3.8, 4) is 0 Å². The van der Waals surface area contributed by atoms with Crippen molar-refractivity contribution in [2.75, 3.05) is 26.9 Å². The lowest BCUT2D eigenvalue weighted by Gasteiger charge is -2.18. The van der Waals surface area contributed by atoms with Gasteiger partial charge in [0.2, 0.25) is 0 Å². The van der Waals surface area contributed by atoms with Crippen LogP contribution >= 0.6 is 0 Å². The van der Waals surface area contributed by atoms with Crippen LogP contribution in [0.2, 0.25) is 0 Å². The number of rotatable bonds is 7. The molecule has 0 radical (unpaired) electrons. The van der Waals surface area contributed by atoms with Crippen LogP contribution in [0.3, 0.4) is 0 Å². The maximum Gasteiger partial charge on any atom is 0.154 e. The molecule has 7 heteroatoms. The lowest BCUT2D eigenvalue weighted by Crippen LogP contribution is -2.16. The zero-order valence-electron chi connectivity index (χ0n) is 17.0. The first kappa shape index (κ1) is 19.1. The minimum Gasteiger partial charge on any atom is -0.383 e. The monoisotopic (exact) mass is 383 g/mol. The average Bonchev–Trinajstić information content (AvgIpc) is 3.29. The Bertz CT molecular complexity index is 924. The fourth-order valence-corrected chi connectivity index (χ4v) is 3.84. The molecule has 0 spiro atoms. The van der Waals surface area contributed by atoms with Crippen LogP contribution in [0.4, 0.5) is 0 Å². The molecule has 1 aliphatic heterocycles. The van der Waals surface area contributed by atoms with Crippen molar-refractivity contribution in [3.63, 3.8) is 0 Å². The molecule has 0 unspecified atom stereocenters. The van der Waals surface area contributed by atoms with Crippen LogP contribution in [0, 0.1) is 0 Å². The lowest BCUT2D eigenvalue weighted by atomic mass is 10.00. The highest BCUT2D eigenvalue weighted by molar-refractivity contribution is 5.76. The number of methoxy groups -OCH3 is 1. The molecule has 1 fully saturated rings. The Morgan fingerprint density at radius 1 is 1.18 bits per heavy atom. The summed E-state index contributed by atoms with van der Waals surface area (Å²) in [6, 6.07) is 8.30. The number of aromatic nitrogens is 5. The van der Waals surface area contributed by atoms with E-state index in [4.69, 9.17) is 24.5 Å². The number of hydrogen-bond donors (Lipinski definition) is 0. The number of fused-ring (bicyclic) bond motifs is 1. The summed E-state index contributed by atoms with van der Waals surface area (Å²) in [6.07, 6.45) is 1.97. The molecule has 0 aliphatic carbocycles. The molecule has 0 bridgehead atoms. The Morgan fingerprint density at radius 3 is 2.71 bits per heavy atom. The van der Waals surface area contributed by atoms with E-state index in [0.717, 1.165) is 54.6 Å². The summed E-state index contributed by atoms with van der Waals surface area (Å²) in [4.78, 5) is 9.82. The van der Waals surface area contributed by atoms with E-state index in [1.807, 2.05) is 10.7 Å². The highest BCUT2D eigenvalue weighted by atomic mass is 16.5. The van der Waals surface area contributed by atoms with Crippen LogP contribution in [-0.4, -0.2) is 51.2 Å². The molecule has 0 saturated carbocycles. The quantitative estimate of drug-likeness (QED) is 0.626. The van der Waals surface area contributed by atoms with Gasteiger partial charge in [0, 0.05) is 32.2 Å². The SMILES string of the molecule is COCCn1nc(C2CCOCC2)nc1Cn1c(C(C)C)nc2ccccc21. The predicted molar refractivity (Wildman–Crippen MR) is 108 cm³/mol. The van der Waals surface area contributed by atoms with Crippen LogP contribution in [0.1, 0.15) is 56.0 Å². The molecule has 1 aromatic carbocycles. The summed E-state index contributed by atoms with van der Waals surface area (Å²) in [5, 5.41) is 4.84. The Labute approximate surface area is 165 Å². The summed E-state index contributed by atoms with van der Waals surface area (Å²) in [7, 11) is 1.72. The summed E-state index contributed by atoms with van der Waals surface area (Å²) in [5.74, 6) is 3.68. The second-order valence-electron chi connectivity index (χ2n) is 7.69. The molecule has 3 aromatic rings. The molecule has 7 nitrogen and oxygen atoms in total. The van der Waals surface area contributed by atoms with Crippen LogP contribution < -0.4 is 0 Å². The van der Waals surface area contributed by atoms with E-state index in [1.165, 1.54) is 0 Å². The van der Waals surface area contributed by atoms with Crippen molar-refractivity contribution < 1.29 is 9.47 Å². The van der Waals surface area contributed by atoms with Gasteiger partial charge >= 0.3 is 0 Å². The van der Waals surface area contributed by atoms with Crippen molar-refractivity contribution in [1.82, 2.24) is 24.3 Å². The molecular formula is C21H29N5O2. The molecular weight excluding hydrogens is 354 g/mol. The number of hydrogen-bond acceptors (Lipinski definition) is 5. The molecule has 28 heavy (non-hydrogen) atoms. The van der Waals surface area contributed by atoms with E-state index < -0.39 is 0 Å². The van der Waals surface area contributed by atoms with Gasteiger partial charge in [-0.1, -0.05) is 26.0 Å². The van der Waals surface area contributed by atoms with E-state index in [1.54, 1.807) is 7.11 Å². The number of imidazole rings is 1. The fraction of sp³-hybridized carbons (Fsp3) is 0.571. The standard InChI is InChI=1S/C21H29N5O2/c1-15(2)21-22-17-6-4-5-7-18(17)25(21)14-19-23-20(16-8-11-28-12-9-16)24-26(19)10-13-27-3/h4-7,15-16H,8-14H2,1-3H3. The number of nitrogens with zero attached hydrogens (tertiary/aromatic N) is 5. The van der Waals surface area contributed by atoms with E-state index >= 15 is 0 Å². The van der Waals surface area contributed by atoms with Crippen LogP contribution in [0.25, 0.3) is 11.0 Å². The van der Waals surface area contributed by atoms with Gasteiger partial charge in [-0.3, -0.25) is 0 Å². The number of ether oxygens (including phenoxy) is 2. The molecule has 4 rings (SSSR count). The molecule has 1 aliphatic rings. The highest BCUT2D eigenvalue weighted by Crippen LogP contribution is 2.26. The van der Waals surface area contributed by atoms with Gasteiger partial charge in [-0.2, -0.15) is 5.10 Å². The van der Waals surface area contributed by atoms with Crippen molar-refractivity contribution in [2.45, 2.75) is 51.6 Å². The van der Waals surface area contributed by atoms with Crippen LogP contribution in [-0.2, 0) is 22.6 Å². The van der Waals surface area contributed by atoms with Gasteiger partial charge in [0.15, 0.2) is 5.82 Å². The van der Waals surface area contributed by atoms with Crippen LogP contribution in [0.15, 0.2) is 24.3 Å². The third-order valence-corrected chi connectivity index (χ3v) is 5.36. The number of benzene rings is 1. The second kappa shape index (κ2) is 8.41. The Hall–Kier alpha value is -2.25. The Morgan fingerprint density at radius 2 is 1.96 bits per heavy atom. The van der Waals surface area contributed by atoms with Crippen LogP contribution in [0.5, 0.6) is 0 Å². The molecule has 0 amide bonds. The maximum absolute atomic E-state index is 5.50. The first-order valence-electron chi connectivity index (χ1n) is 10.1. The van der Waals surface area contributed by atoms with E-state index in [0.29, 0.717) is 31.5 Å². The van der Waals surface area contributed by atoms with Gasteiger partial charge in [-0.05, 0) is 25.0 Å². The van der Waals surface area contributed by atoms with E-state index in [-0.39, 0.29) is 0 Å². The minimum atomic E-state index is 0.331. The zero-order chi connectivity index (χ0) is 19.5. The van der Waals surface area contributed by atoms with Gasteiger partial charge in [0.1, 0.15) is 11.6 Å². The van der Waals surface area contributed by atoms with Crippen molar-refractivity contribution in [2.24, 2.45) is 0 Å². The van der Waals surface area contributed by atoms with Crippen molar-refractivity contribution in [3.05, 3.63) is 41.7 Å². The van der Waals surface area contributed by atoms with E-state index in [2.05, 4.69) is 36.6 Å². The zero-order valence-corrected chi connectivity index (χ0v) is 17.0. The largest absolute Gasteiger partial charge is 0.383 e. The van der Waals surface area contributed by atoms with Gasteiger partial charge in [0.25, 0.3) is 0 Å². The molecule has 2 aromatic heterocycles. The lowest BCUT2D eigenvalue weighted by molar-refractivity contribution is 0.0834. The summed E-state index contributed by atoms with van der Waals surface area (Å²) >= 11 is 0. The summed E-state index contributed by atoms with van der Waals surface area (Å²) in [6.45, 7) is 7.92.